The van der Waals surface area contributed by atoms with E-state index in [-0.39, 0.29) is 17.2 Å². The topological polar surface area (TPSA) is 118 Å². The summed E-state index contributed by atoms with van der Waals surface area (Å²) in [5.41, 5.74) is 3.73. The predicted octanol–water partition coefficient (Wildman–Crippen LogP) is 2.10. The Morgan fingerprint density at radius 3 is 2.32 bits per heavy atom. The number of carbonyl (C=O) groups is 1. The minimum absolute atomic E-state index is 0.0545. The third-order valence-electron chi connectivity index (χ3n) is 4.24. The second kappa shape index (κ2) is 8.89. The van der Waals surface area contributed by atoms with Crippen molar-refractivity contribution in [3.63, 3.8) is 0 Å². The molecule has 0 saturated heterocycles. The summed E-state index contributed by atoms with van der Waals surface area (Å²) in [6.45, 7) is 3.81. The average molecular weight is 424 g/mol. The van der Waals surface area contributed by atoms with E-state index < -0.39 is 10.0 Å². The smallest absolute Gasteiger partial charge is 0.238 e. The molecular weight excluding hydrogens is 398 g/mol. The van der Waals surface area contributed by atoms with E-state index in [1.54, 1.807) is 25.1 Å². The third-order valence-corrected chi connectivity index (χ3v) is 5.70. The van der Waals surface area contributed by atoms with Crippen LogP contribution in [0.4, 0.5) is 11.4 Å². The number of nitrogens with two attached hydrogens (primary N) is 1. The van der Waals surface area contributed by atoms with Gasteiger partial charge in [0.05, 0.1) is 16.3 Å². The molecule has 0 aliphatic rings. The van der Waals surface area contributed by atoms with Gasteiger partial charge in [-0.05, 0) is 50.3 Å². The molecule has 0 bridgehead atoms. The zero-order valence-corrected chi connectivity index (χ0v) is 18.2. The maximum Gasteiger partial charge on any atom is 0.238 e. The van der Waals surface area contributed by atoms with Gasteiger partial charge in [0.15, 0.2) is 5.16 Å². The number of rotatable bonds is 7. The molecular formula is C18H25N5O3S2. The average Bonchev–Trinajstić information content (AvgIpc) is 2.59. The Labute approximate surface area is 170 Å². The number of benzene rings is 1. The Morgan fingerprint density at radius 2 is 1.82 bits per heavy atom. The summed E-state index contributed by atoms with van der Waals surface area (Å²) >= 11 is 1.47. The van der Waals surface area contributed by atoms with Gasteiger partial charge in [-0.2, -0.15) is 0 Å². The maximum atomic E-state index is 12.5. The Balaban J connectivity index is 2.19. The van der Waals surface area contributed by atoms with Crippen molar-refractivity contribution < 1.29 is 13.2 Å². The highest BCUT2D eigenvalue weighted by molar-refractivity contribution is 7.98. The van der Waals surface area contributed by atoms with E-state index >= 15 is 0 Å². The number of thioether (sulfide) groups is 1. The van der Waals surface area contributed by atoms with Crippen LogP contribution in [0.15, 0.2) is 28.3 Å². The summed E-state index contributed by atoms with van der Waals surface area (Å²) < 4.78 is 23.3. The van der Waals surface area contributed by atoms with Gasteiger partial charge in [0.1, 0.15) is 0 Å². The largest absolute Gasteiger partial charge is 0.376 e. The number of nitrogens with zero attached hydrogens (tertiary/aromatic N) is 3. The van der Waals surface area contributed by atoms with Gasteiger partial charge in [-0.1, -0.05) is 11.8 Å². The molecule has 3 N–H and O–H groups in total. The fourth-order valence-electron chi connectivity index (χ4n) is 2.80. The maximum absolute atomic E-state index is 12.5. The van der Waals surface area contributed by atoms with Crippen LogP contribution in [0, 0.1) is 13.8 Å². The molecule has 0 fully saturated rings. The first kappa shape index (κ1) is 22.1. The van der Waals surface area contributed by atoms with Crippen LogP contribution in [0.25, 0.3) is 0 Å². The number of primary sulfonamides is 1. The van der Waals surface area contributed by atoms with Crippen molar-refractivity contribution in [2.45, 2.75) is 36.7 Å². The Bertz CT molecular complexity index is 968. The van der Waals surface area contributed by atoms with Crippen molar-refractivity contribution in [3.05, 3.63) is 35.2 Å². The lowest BCUT2D eigenvalue weighted by molar-refractivity contribution is -0.116. The van der Waals surface area contributed by atoms with E-state index in [0.717, 1.165) is 17.0 Å². The minimum atomic E-state index is -3.87. The number of aryl methyl sites for hydroxylation is 2. The lowest BCUT2D eigenvalue weighted by Crippen LogP contribution is -2.19. The molecule has 0 spiro atoms. The van der Waals surface area contributed by atoms with E-state index in [0.29, 0.717) is 23.0 Å². The van der Waals surface area contributed by atoms with Gasteiger partial charge in [-0.3, -0.25) is 4.79 Å². The number of hydrogen-bond acceptors (Lipinski definition) is 7. The van der Waals surface area contributed by atoms with Gasteiger partial charge in [0, 0.05) is 31.9 Å². The summed E-state index contributed by atoms with van der Waals surface area (Å²) in [5, 5.41) is 8.70. The van der Waals surface area contributed by atoms with E-state index in [2.05, 4.69) is 15.3 Å². The predicted molar refractivity (Wildman–Crippen MR) is 112 cm³/mol. The van der Waals surface area contributed by atoms with Crippen molar-refractivity contribution in [2.75, 3.05) is 30.6 Å². The molecule has 0 saturated carbocycles. The molecule has 1 heterocycles. The molecule has 152 valence electrons. The summed E-state index contributed by atoms with van der Waals surface area (Å²) in [7, 11) is -0.256. The number of amides is 1. The Kier molecular flexibility index (Phi) is 7.02. The summed E-state index contributed by atoms with van der Waals surface area (Å²) in [6.07, 6.45) is 2.62. The van der Waals surface area contributed by atoms with Crippen LogP contribution >= 0.6 is 11.8 Å². The number of carbonyl (C=O) groups excluding carboxylic acids is 1. The standard InChI is InChI=1S/C18H25N5O3S2/c1-11-14(12(2)21-18(20-11)27-5)7-9-17(24)22-15-10-13(28(19,25)26)6-8-16(15)23(3)4/h6,8,10H,7,9H2,1-5H3,(H,22,24)(H2,19,25,26). The first-order valence-electron chi connectivity index (χ1n) is 8.55. The normalized spacial score (nSPS) is 11.4. The van der Waals surface area contributed by atoms with E-state index in [1.807, 2.05) is 20.1 Å². The summed E-state index contributed by atoms with van der Waals surface area (Å²) in [6, 6.07) is 4.39. The van der Waals surface area contributed by atoms with Crippen LogP contribution in [0.1, 0.15) is 23.4 Å². The molecule has 1 aromatic carbocycles. The monoisotopic (exact) mass is 423 g/mol. The van der Waals surface area contributed by atoms with Crippen LogP contribution in [0.3, 0.4) is 0 Å². The molecule has 0 aliphatic heterocycles. The minimum Gasteiger partial charge on any atom is -0.376 e. The second-order valence-electron chi connectivity index (χ2n) is 6.53. The molecule has 2 rings (SSSR count). The van der Waals surface area contributed by atoms with Gasteiger partial charge in [0.25, 0.3) is 0 Å². The first-order valence-corrected chi connectivity index (χ1v) is 11.3. The number of aromatic nitrogens is 2. The molecule has 10 heteroatoms. The Hall–Kier alpha value is -2.17. The van der Waals surface area contributed by atoms with Gasteiger partial charge in [-0.15, -0.1) is 0 Å². The molecule has 0 unspecified atom stereocenters. The number of anilines is 2. The molecule has 28 heavy (non-hydrogen) atoms. The molecule has 8 nitrogen and oxygen atoms in total. The highest BCUT2D eigenvalue weighted by Gasteiger charge is 2.16. The quantitative estimate of drug-likeness (QED) is 0.517. The highest BCUT2D eigenvalue weighted by Crippen LogP contribution is 2.27. The lowest BCUT2D eigenvalue weighted by atomic mass is 10.1. The fraction of sp³-hybridized carbons (Fsp3) is 0.389. The van der Waals surface area contributed by atoms with Crippen LogP contribution in [0.2, 0.25) is 0 Å². The molecule has 1 aromatic heterocycles. The molecule has 1 amide bonds. The van der Waals surface area contributed by atoms with Gasteiger partial charge in [-0.25, -0.2) is 23.5 Å². The molecule has 0 aliphatic carbocycles. The van der Waals surface area contributed by atoms with Crippen LogP contribution in [-0.4, -0.2) is 44.6 Å². The van der Waals surface area contributed by atoms with E-state index in [1.165, 1.54) is 23.9 Å². The SMILES string of the molecule is CSc1nc(C)c(CCC(=O)Nc2cc(S(N)(=O)=O)ccc2N(C)C)c(C)n1. The zero-order valence-electron chi connectivity index (χ0n) is 16.6. The van der Waals surface area contributed by atoms with Gasteiger partial charge < -0.3 is 10.2 Å². The fourth-order valence-corrected chi connectivity index (χ4v) is 3.79. The van der Waals surface area contributed by atoms with Crippen molar-refractivity contribution in [3.8, 4) is 0 Å². The van der Waals surface area contributed by atoms with Crippen molar-refractivity contribution in [1.82, 2.24) is 9.97 Å². The number of sulfonamides is 1. The van der Waals surface area contributed by atoms with Gasteiger partial charge in [0.2, 0.25) is 15.9 Å². The lowest BCUT2D eigenvalue weighted by Gasteiger charge is -2.19. The van der Waals surface area contributed by atoms with Gasteiger partial charge >= 0.3 is 0 Å². The Morgan fingerprint density at radius 1 is 1.21 bits per heavy atom. The van der Waals surface area contributed by atoms with Crippen LogP contribution < -0.4 is 15.4 Å². The number of hydrogen-bond donors (Lipinski definition) is 2. The zero-order chi connectivity index (χ0) is 21.1. The van der Waals surface area contributed by atoms with Crippen LogP contribution in [-0.2, 0) is 21.2 Å². The van der Waals surface area contributed by atoms with Crippen molar-refractivity contribution in [2.24, 2.45) is 5.14 Å². The summed E-state index contributed by atoms with van der Waals surface area (Å²) in [5.74, 6) is -0.234. The summed E-state index contributed by atoms with van der Waals surface area (Å²) in [4.78, 5) is 23.1. The van der Waals surface area contributed by atoms with Crippen LogP contribution in [0.5, 0.6) is 0 Å². The second-order valence-corrected chi connectivity index (χ2v) is 8.86. The molecule has 0 atom stereocenters. The van der Waals surface area contributed by atoms with Crippen molar-refractivity contribution >= 4 is 39.1 Å². The van der Waals surface area contributed by atoms with Crippen molar-refractivity contribution in [1.29, 1.82) is 0 Å². The van der Waals surface area contributed by atoms with E-state index in [4.69, 9.17) is 5.14 Å². The molecule has 0 radical (unpaired) electrons. The van der Waals surface area contributed by atoms with E-state index in [9.17, 15) is 13.2 Å². The third kappa shape index (κ3) is 5.43. The first-order chi connectivity index (χ1) is 13.0. The number of nitrogens with one attached hydrogen (secondary N) is 1. The molecule has 2 aromatic rings. The highest BCUT2D eigenvalue weighted by atomic mass is 32.2.